The van der Waals surface area contributed by atoms with Crippen molar-refractivity contribution >= 4 is 52.3 Å². The summed E-state index contributed by atoms with van der Waals surface area (Å²) in [5.41, 5.74) is 2.43. The lowest BCUT2D eigenvalue weighted by Crippen LogP contribution is -2.45. The molecule has 1 saturated heterocycles. The molecule has 0 unspecified atom stereocenters. The summed E-state index contributed by atoms with van der Waals surface area (Å²) < 4.78 is 7.02. The number of ether oxygens (including phenoxy) is 1. The summed E-state index contributed by atoms with van der Waals surface area (Å²) in [6.45, 7) is 9.06. The molecule has 7 nitrogen and oxygen atoms in total. The molecule has 1 aromatic carbocycles. The van der Waals surface area contributed by atoms with Gasteiger partial charge in [0.25, 0.3) is 5.91 Å². The predicted molar refractivity (Wildman–Crippen MR) is 124 cm³/mol. The molecule has 0 bridgehead atoms. The first-order valence-corrected chi connectivity index (χ1v) is 11.1. The van der Waals surface area contributed by atoms with E-state index in [9.17, 15) is 9.59 Å². The van der Waals surface area contributed by atoms with Gasteiger partial charge < -0.3 is 9.64 Å². The van der Waals surface area contributed by atoms with E-state index < -0.39 is 10.6 Å². The Kier molecular flexibility index (Phi) is 9.18. The second kappa shape index (κ2) is 11.2. The number of para-hydroxylation sites is 1. The fourth-order valence-electron chi connectivity index (χ4n) is 3.33. The van der Waals surface area contributed by atoms with Crippen molar-refractivity contribution in [2.24, 2.45) is 0 Å². The Morgan fingerprint density at radius 2 is 1.87 bits per heavy atom. The zero-order valence-corrected chi connectivity index (χ0v) is 20.3. The lowest BCUT2D eigenvalue weighted by molar-refractivity contribution is -0.142. The van der Waals surface area contributed by atoms with E-state index in [0.717, 1.165) is 16.8 Å². The lowest BCUT2D eigenvalue weighted by atomic mass is 10.1. The molecule has 3 rings (SSSR count). The van der Waals surface area contributed by atoms with Gasteiger partial charge in [0.05, 0.1) is 12.3 Å². The summed E-state index contributed by atoms with van der Waals surface area (Å²) in [5, 5.41) is 4.14. The average molecular weight is 490 g/mol. The summed E-state index contributed by atoms with van der Waals surface area (Å²) in [5.74, 6) is -0.468. The maximum atomic E-state index is 12.1. The van der Waals surface area contributed by atoms with Crippen LogP contribution >= 0.6 is 34.8 Å². The Morgan fingerprint density at radius 1 is 1.23 bits per heavy atom. The number of amides is 2. The van der Waals surface area contributed by atoms with Gasteiger partial charge in [-0.25, -0.2) is 0 Å². The Balaban J connectivity index is 0.000000245. The van der Waals surface area contributed by atoms with Crippen LogP contribution in [0.3, 0.4) is 0 Å². The first kappa shape index (κ1) is 25.5. The minimum absolute atomic E-state index is 0.0466. The molecule has 1 aliphatic heterocycles. The van der Waals surface area contributed by atoms with Crippen LogP contribution in [0.5, 0.6) is 0 Å². The second-order valence-electron chi connectivity index (χ2n) is 7.47. The van der Waals surface area contributed by atoms with Crippen molar-refractivity contribution in [2.75, 3.05) is 23.9 Å². The quantitative estimate of drug-likeness (QED) is 0.593. The zero-order valence-electron chi connectivity index (χ0n) is 18.0. The third kappa shape index (κ3) is 6.59. The van der Waals surface area contributed by atoms with Gasteiger partial charge in [0.1, 0.15) is 18.3 Å². The third-order valence-corrected chi connectivity index (χ3v) is 5.45. The number of rotatable bonds is 5. The number of hydrogen-bond donors (Lipinski definition) is 0. The molecule has 170 valence electrons. The summed E-state index contributed by atoms with van der Waals surface area (Å²) in [7, 11) is 0. The number of halogens is 3. The molecule has 1 fully saturated rings. The number of carbonyl (C=O) groups is 2. The monoisotopic (exact) mass is 488 g/mol. The minimum Gasteiger partial charge on any atom is -0.354 e. The minimum atomic E-state index is -0.994. The topological polar surface area (TPSA) is 67.7 Å². The van der Waals surface area contributed by atoms with E-state index in [4.69, 9.17) is 39.5 Å². The predicted octanol–water partition coefficient (Wildman–Crippen LogP) is 4.11. The Morgan fingerprint density at radius 3 is 2.32 bits per heavy atom. The van der Waals surface area contributed by atoms with Crippen molar-refractivity contribution < 1.29 is 14.3 Å². The van der Waals surface area contributed by atoms with Crippen LogP contribution < -0.4 is 4.90 Å². The summed E-state index contributed by atoms with van der Waals surface area (Å²) in [4.78, 5) is 25.7. The fourth-order valence-corrected chi connectivity index (χ4v) is 3.71. The molecule has 0 saturated carbocycles. The number of hydrogen-bond acceptors (Lipinski definition) is 4. The molecular weight excluding hydrogens is 463 g/mol. The average Bonchev–Trinajstić information content (AvgIpc) is 3.35. The summed E-state index contributed by atoms with van der Waals surface area (Å²) in [6, 6.07) is 7.78. The summed E-state index contributed by atoms with van der Waals surface area (Å²) >= 11 is 16.6. The first-order valence-electron chi connectivity index (χ1n) is 9.72. The molecule has 0 radical (unpaired) electrons. The number of anilines is 1. The third-order valence-electron chi connectivity index (χ3n) is 4.84. The molecule has 0 atom stereocenters. The number of benzene rings is 1. The first-order chi connectivity index (χ1) is 14.6. The smallest absolute Gasteiger partial charge is 0.258 e. The molecule has 0 aliphatic carbocycles. The van der Waals surface area contributed by atoms with Crippen molar-refractivity contribution in [1.82, 2.24) is 14.7 Å². The molecule has 0 N–H and O–H groups in total. The molecule has 31 heavy (non-hydrogen) atoms. The molecule has 0 spiro atoms. The van der Waals surface area contributed by atoms with Crippen LogP contribution in [0.15, 0.2) is 36.7 Å². The highest BCUT2D eigenvalue weighted by atomic mass is 35.5. The van der Waals surface area contributed by atoms with Crippen LogP contribution in [0.4, 0.5) is 5.69 Å². The van der Waals surface area contributed by atoms with Gasteiger partial charge in [-0.15, -0.1) is 11.6 Å². The van der Waals surface area contributed by atoms with Crippen LogP contribution in [0.2, 0.25) is 0 Å². The Hall–Kier alpha value is -1.80. The van der Waals surface area contributed by atoms with Crippen molar-refractivity contribution in [1.29, 1.82) is 0 Å². The maximum absolute atomic E-state index is 12.1. The highest BCUT2D eigenvalue weighted by molar-refractivity contribution is 6.53. The van der Waals surface area contributed by atoms with Crippen LogP contribution in [-0.2, 0) is 21.0 Å². The van der Waals surface area contributed by atoms with E-state index in [-0.39, 0.29) is 17.7 Å². The van der Waals surface area contributed by atoms with Gasteiger partial charge in [-0.1, -0.05) is 41.4 Å². The van der Waals surface area contributed by atoms with E-state index in [1.54, 1.807) is 15.8 Å². The Labute approximate surface area is 197 Å². The van der Waals surface area contributed by atoms with E-state index in [1.807, 2.05) is 58.2 Å². The highest BCUT2D eigenvalue weighted by Crippen LogP contribution is 2.26. The molecule has 2 amide bonds. The van der Waals surface area contributed by atoms with Gasteiger partial charge >= 0.3 is 0 Å². The van der Waals surface area contributed by atoms with Crippen molar-refractivity contribution in [3.8, 4) is 0 Å². The van der Waals surface area contributed by atoms with Crippen molar-refractivity contribution in [3.63, 3.8) is 0 Å². The number of aryl methyl sites for hydroxylation is 2. The number of aromatic nitrogens is 2. The highest BCUT2D eigenvalue weighted by Gasteiger charge is 2.38. The van der Waals surface area contributed by atoms with Crippen molar-refractivity contribution in [3.05, 3.63) is 47.8 Å². The van der Waals surface area contributed by atoms with Crippen LogP contribution in [0, 0.1) is 13.8 Å². The number of nitrogens with zero attached hydrogens (tertiary/aromatic N) is 4. The van der Waals surface area contributed by atoms with E-state index in [2.05, 4.69) is 5.10 Å². The van der Waals surface area contributed by atoms with Crippen LogP contribution in [-0.4, -0.2) is 56.1 Å². The molecule has 1 aromatic heterocycles. The largest absolute Gasteiger partial charge is 0.354 e. The van der Waals surface area contributed by atoms with E-state index >= 15 is 0 Å². The van der Waals surface area contributed by atoms with Gasteiger partial charge in [0.2, 0.25) is 5.91 Å². The van der Waals surface area contributed by atoms with Gasteiger partial charge in [-0.05, 0) is 44.9 Å². The van der Waals surface area contributed by atoms with E-state index in [1.165, 1.54) is 4.90 Å². The Bertz CT molecular complexity index is 868. The van der Waals surface area contributed by atoms with Crippen LogP contribution in [0.1, 0.15) is 25.0 Å². The lowest BCUT2D eigenvalue weighted by Gasteiger charge is -2.30. The molecule has 2 aromatic rings. The van der Waals surface area contributed by atoms with Crippen LogP contribution in [0.25, 0.3) is 0 Å². The summed E-state index contributed by atoms with van der Waals surface area (Å²) in [6.07, 6.45) is 3.51. The molecule has 1 aliphatic rings. The second-order valence-corrected chi connectivity index (χ2v) is 8.83. The van der Waals surface area contributed by atoms with Gasteiger partial charge in [-0.2, -0.15) is 5.10 Å². The molecule has 2 heterocycles. The SMILES string of the molecule is CC1(C)OCCN1C(=O)C(Cl)Cl.Cc1cccc(C)c1N(Cn1cccn1)C(=O)CCl. The fraction of sp³-hybridized carbons (Fsp3) is 0.476. The van der Waals surface area contributed by atoms with E-state index in [0.29, 0.717) is 19.8 Å². The number of alkyl halides is 3. The molecular formula is C21H27Cl3N4O3. The standard InChI is InChI=1S/C14H16ClN3O.C7H11Cl2NO2/c1-11-5-3-6-12(2)14(11)18(13(19)9-15)10-17-8-4-7-16-17;1-7(2)10(3-4-12-7)6(11)5(8)9/h3-8H,9-10H2,1-2H3;5H,3-4H2,1-2H3. The molecule has 10 heteroatoms. The van der Waals surface area contributed by atoms with Gasteiger partial charge in [-0.3, -0.25) is 19.2 Å². The van der Waals surface area contributed by atoms with Gasteiger partial charge in [0, 0.05) is 18.9 Å². The van der Waals surface area contributed by atoms with Crippen molar-refractivity contribution in [2.45, 2.75) is 44.9 Å². The van der Waals surface area contributed by atoms with Gasteiger partial charge in [0.15, 0.2) is 4.84 Å². The number of carbonyl (C=O) groups excluding carboxylic acids is 2. The zero-order chi connectivity index (χ0) is 23.2. The normalized spacial score (nSPS) is 14.9. The maximum Gasteiger partial charge on any atom is 0.258 e.